The summed E-state index contributed by atoms with van der Waals surface area (Å²) in [6.45, 7) is 2.20. The fraction of sp³-hybridized carbons (Fsp3) is 0.0833. The van der Waals surface area contributed by atoms with Crippen molar-refractivity contribution in [1.82, 2.24) is 5.32 Å². The summed E-state index contributed by atoms with van der Waals surface area (Å²) >= 11 is 3.42. The Morgan fingerprint density at radius 2 is 1.61 bits per heavy atom. The highest BCUT2D eigenvalue weighted by Gasteiger charge is 2.17. The van der Waals surface area contributed by atoms with Gasteiger partial charge in [-0.25, -0.2) is 4.79 Å². The van der Waals surface area contributed by atoms with E-state index in [0.717, 1.165) is 4.47 Å². The molecule has 3 aromatic rings. The quantitative estimate of drug-likeness (QED) is 0.415. The zero-order valence-corrected chi connectivity index (χ0v) is 18.3. The number of halogens is 1. The van der Waals surface area contributed by atoms with E-state index in [1.807, 2.05) is 24.3 Å². The molecule has 0 radical (unpaired) electrons. The van der Waals surface area contributed by atoms with Crippen molar-refractivity contribution < 1.29 is 24.2 Å². The van der Waals surface area contributed by atoms with Crippen LogP contribution in [0, 0.1) is 0 Å². The Balaban J connectivity index is 1.77. The van der Waals surface area contributed by atoms with Crippen LogP contribution in [-0.2, 0) is 4.79 Å². The molecule has 3 aromatic carbocycles. The molecule has 0 saturated heterocycles. The van der Waals surface area contributed by atoms with E-state index in [1.54, 1.807) is 55.5 Å². The molecule has 3 rings (SSSR count). The number of rotatable bonds is 8. The number of nitrogens with one attached hydrogen (secondary N) is 1. The summed E-state index contributed by atoms with van der Waals surface area (Å²) in [5.41, 5.74) is 0.597. The molecule has 0 aliphatic rings. The van der Waals surface area contributed by atoms with E-state index in [4.69, 9.17) is 9.47 Å². The van der Waals surface area contributed by atoms with Gasteiger partial charge in [0.1, 0.15) is 22.9 Å². The van der Waals surface area contributed by atoms with Gasteiger partial charge in [-0.1, -0.05) is 36.4 Å². The number of aliphatic carboxylic acids is 1. The molecular weight excluding hydrogens is 462 g/mol. The van der Waals surface area contributed by atoms with Crippen molar-refractivity contribution in [2.75, 3.05) is 6.61 Å². The van der Waals surface area contributed by atoms with Crippen molar-refractivity contribution in [3.05, 3.63) is 94.1 Å². The summed E-state index contributed by atoms with van der Waals surface area (Å²) < 4.78 is 12.1. The zero-order valence-electron chi connectivity index (χ0n) is 16.7. The molecule has 0 unspecified atom stereocenters. The van der Waals surface area contributed by atoms with Crippen LogP contribution in [0.1, 0.15) is 22.8 Å². The van der Waals surface area contributed by atoms with Crippen molar-refractivity contribution in [1.29, 1.82) is 0 Å². The highest BCUT2D eigenvalue weighted by Crippen LogP contribution is 2.29. The second-order valence-electron chi connectivity index (χ2n) is 6.35. The minimum absolute atomic E-state index is 0.254. The topological polar surface area (TPSA) is 84.9 Å². The van der Waals surface area contributed by atoms with Gasteiger partial charge in [0.15, 0.2) is 0 Å². The van der Waals surface area contributed by atoms with E-state index in [2.05, 4.69) is 21.2 Å². The van der Waals surface area contributed by atoms with Gasteiger partial charge in [0, 0.05) is 0 Å². The Kier molecular flexibility index (Phi) is 7.45. The summed E-state index contributed by atoms with van der Waals surface area (Å²) in [6, 6.07) is 21.0. The normalized spacial score (nSPS) is 11.0. The van der Waals surface area contributed by atoms with E-state index in [1.165, 1.54) is 6.08 Å². The molecule has 0 aliphatic heterocycles. The average molecular weight is 482 g/mol. The van der Waals surface area contributed by atoms with Crippen molar-refractivity contribution in [3.63, 3.8) is 0 Å². The number of hydrogen-bond donors (Lipinski definition) is 2. The maximum absolute atomic E-state index is 12.6. The smallest absolute Gasteiger partial charge is 0.352 e. The van der Waals surface area contributed by atoms with Crippen LogP contribution in [-0.4, -0.2) is 23.6 Å². The van der Waals surface area contributed by atoms with E-state index in [9.17, 15) is 14.7 Å². The van der Waals surface area contributed by atoms with Crippen LogP contribution >= 0.6 is 15.9 Å². The lowest BCUT2D eigenvalue weighted by Crippen LogP contribution is -2.27. The zero-order chi connectivity index (χ0) is 22.2. The Bertz CT molecular complexity index is 1110. The molecule has 0 bridgehead atoms. The summed E-state index contributed by atoms with van der Waals surface area (Å²) in [5, 5.41) is 12.0. The Labute approximate surface area is 188 Å². The molecule has 2 N–H and O–H groups in total. The molecule has 1 amide bonds. The summed E-state index contributed by atoms with van der Waals surface area (Å²) in [5.74, 6) is -0.170. The number of carboxylic acid groups (broad SMARTS) is 1. The molecule has 0 heterocycles. The number of carbonyl (C=O) groups is 2. The Morgan fingerprint density at radius 1 is 0.968 bits per heavy atom. The third kappa shape index (κ3) is 5.96. The predicted molar refractivity (Wildman–Crippen MR) is 121 cm³/mol. The SMILES string of the molecule is CCOc1ccccc1C(=O)N/C(=C\c1ccc(Oc2ccccc2Br)cc1)C(=O)O. The van der Waals surface area contributed by atoms with Gasteiger partial charge in [-0.3, -0.25) is 4.79 Å². The molecule has 0 saturated carbocycles. The minimum atomic E-state index is -1.25. The molecule has 31 heavy (non-hydrogen) atoms. The molecule has 6 nitrogen and oxygen atoms in total. The second-order valence-corrected chi connectivity index (χ2v) is 7.20. The predicted octanol–water partition coefficient (Wildman–Crippen LogP) is 5.50. The Morgan fingerprint density at radius 3 is 2.26 bits per heavy atom. The summed E-state index contributed by atoms with van der Waals surface area (Å²) in [7, 11) is 0. The lowest BCUT2D eigenvalue weighted by molar-refractivity contribution is -0.132. The largest absolute Gasteiger partial charge is 0.493 e. The highest BCUT2D eigenvalue weighted by molar-refractivity contribution is 9.10. The lowest BCUT2D eigenvalue weighted by Gasteiger charge is -2.11. The third-order valence-corrected chi connectivity index (χ3v) is 4.82. The number of amides is 1. The minimum Gasteiger partial charge on any atom is -0.493 e. The molecule has 158 valence electrons. The van der Waals surface area contributed by atoms with Crippen LogP contribution in [0.5, 0.6) is 17.2 Å². The van der Waals surface area contributed by atoms with Crippen molar-refractivity contribution in [3.8, 4) is 17.2 Å². The number of ether oxygens (including phenoxy) is 2. The fourth-order valence-corrected chi connectivity index (χ4v) is 3.10. The van der Waals surface area contributed by atoms with E-state index >= 15 is 0 Å². The van der Waals surface area contributed by atoms with E-state index in [-0.39, 0.29) is 11.3 Å². The van der Waals surface area contributed by atoms with Gasteiger partial charge >= 0.3 is 5.97 Å². The number of benzene rings is 3. The first kappa shape index (κ1) is 22.1. The van der Waals surface area contributed by atoms with Gasteiger partial charge in [-0.15, -0.1) is 0 Å². The highest BCUT2D eigenvalue weighted by atomic mass is 79.9. The first-order valence-corrected chi connectivity index (χ1v) is 10.3. The van der Waals surface area contributed by atoms with Crippen molar-refractivity contribution in [2.45, 2.75) is 6.92 Å². The van der Waals surface area contributed by atoms with E-state index in [0.29, 0.717) is 29.4 Å². The maximum atomic E-state index is 12.6. The number of hydrogen-bond acceptors (Lipinski definition) is 4. The maximum Gasteiger partial charge on any atom is 0.352 e. The third-order valence-electron chi connectivity index (χ3n) is 4.17. The van der Waals surface area contributed by atoms with Gasteiger partial charge < -0.3 is 19.9 Å². The Hall–Kier alpha value is -3.58. The first-order valence-electron chi connectivity index (χ1n) is 9.48. The summed E-state index contributed by atoms with van der Waals surface area (Å²) in [6.07, 6.45) is 1.38. The molecule has 0 aromatic heterocycles. The number of carboxylic acids is 1. The van der Waals surface area contributed by atoms with Crippen LogP contribution in [0.2, 0.25) is 0 Å². The fourth-order valence-electron chi connectivity index (χ4n) is 2.73. The lowest BCUT2D eigenvalue weighted by atomic mass is 10.1. The van der Waals surface area contributed by atoms with Gasteiger partial charge in [0.05, 0.1) is 16.6 Å². The summed E-state index contributed by atoms with van der Waals surface area (Å²) in [4.78, 5) is 24.3. The van der Waals surface area contributed by atoms with Gasteiger partial charge in [0.25, 0.3) is 5.91 Å². The van der Waals surface area contributed by atoms with Gasteiger partial charge in [0.2, 0.25) is 0 Å². The molecule has 7 heteroatoms. The van der Waals surface area contributed by atoms with Crippen LogP contribution in [0.25, 0.3) is 6.08 Å². The molecule has 0 spiro atoms. The van der Waals surface area contributed by atoms with Crippen LogP contribution in [0.15, 0.2) is 83.0 Å². The van der Waals surface area contributed by atoms with Gasteiger partial charge in [-0.2, -0.15) is 0 Å². The first-order chi connectivity index (χ1) is 15.0. The van der Waals surface area contributed by atoms with Crippen LogP contribution in [0.3, 0.4) is 0 Å². The van der Waals surface area contributed by atoms with Crippen LogP contribution in [0.4, 0.5) is 0 Å². The number of para-hydroxylation sites is 2. The van der Waals surface area contributed by atoms with E-state index < -0.39 is 11.9 Å². The van der Waals surface area contributed by atoms with Crippen LogP contribution < -0.4 is 14.8 Å². The molecule has 0 atom stereocenters. The number of carbonyl (C=O) groups excluding carboxylic acids is 1. The van der Waals surface area contributed by atoms with Crippen molar-refractivity contribution >= 4 is 33.9 Å². The molecule has 0 aliphatic carbocycles. The van der Waals surface area contributed by atoms with Crippen molar-refractivity contribution in [2.24, 2.45) is 0 Å². The monoisotopic (exact) mass is 481 g/mol. The molecule has 0 fully saturated rings. The van der Waals surface area contributed by atoms with Gasteiger partial charge in [-0.05, 0) is 70.9 Å². The standard InChI is InChI=1S/C24H20BrNO5/c1-2-30-21-9-5-3-7-18(21)23(27)26-20(24(28)29)15-16-11-13-17(14-12-16)31-22-10-6-4-8-19(22)25/h3-15H,2H2,1H3,(H,26,27)(H,28,29)/b20-15-. The molecular formula is C24H20BrNO5. The second kappa shape index (κ2) is 10.4. The average Bonchev–Trinajstić information content (AvgIpc) is 2.76.